The van der Waals surface area contributed by atoms with Gasteiger partial charge in [-0.1, -0.05) is 42.5 Å². The lowest BCUT2D eigenvalue weighted by molar-refractivity contribution is -0.133. The second-order valence-corrected chi connectivity index (χ2v) is 6.76. The maximum Gasteiger partial charge on any atom is 0.234 e. The number of carbonyl (C=O) groups excluding carboxylic acids is 2. The Balaban J connectivity index is 1.49. The number of carbonyl (C=O) groups is 2. The first kappa shape index (κ1) is 18.9. The molecule has 0 aromatic heterocycles. The van der Waals surface area contributed by atoms with Gasteiger partial charge in [0.2, 0.25) is 11.8 Å². The zero-order valence-corrected chi connectivity index (χ0v) is 15.4. The Kier molecular flexibility index (Phi) is 6.44. The molecule has 6 heteroatoms. The number of nitrogens with zero attached hydrogens (tertiary/aromatic N) is 2. The lowest BCUT2D eigenvalue weighted by Gasteiger charge is -2.36. The van der Waals surface area contributed by atoms with Crippen molar-refractivity contribution in [3.8, 4) is 0 Å². The molecule has 1 fully saturated rings. The van der Waals surface area contributed by atoms with E-state index in [1.807, 2.05) is 11.0 Å². The number of hydrogen-bond donors (Lipinski definition) is 2. The van der Waals surface area contributed by atoms with E-state index in [9.17, 15) is 9.59 Å². The van der Waals surface area contributed by atoms with E-state index in [0.29, 0.717) is 13.1 Å². The van der Waals surface area contributed by atoms with Gasteiger partial charge in [0.05, 0.1) is 0 Å². The van der Waals surface area contributed by atoms with Crippen LogP contribution in [0.4, 0.5) is 5.69 Å². The predicted octanol–water partition coefficient (Wildman–Crippen LogP) is 1.70. The number of amides is 2. The summed E-state index contributed by atoms with van der Waals surface area (Å²) in [7, 11) is 0. The molecule has 1 heterocycles. The average Bonchev–Trinajstić information content (AvgIpc) is 2.73. The van der Waals surface area contributed by atoms with Crippen LogP contribution in [0.2, 0.25) is 0 Å². The summed E-state index contributed by atoms with van der Waals surface area (Å²) in [5.74, 6) is 4.74. The first-order valence-corrected chi connectivity index (χ1v) is 9.31. The van der Waals surface area contributed by atoms with Crippen LogP contribution in [0.1, 0.15) is 24.0 Å². The SMILES string of the molecule is NNC(=O)CCC(=O)N1CCN(c2ccc(Cc3ccccc3)cc2)CC1. The summed E-state index contributed by atoms with van der Waals surface area (Å²) < 4.78 is 0. The lowest BCUT2D eigenvalue weighted by Crippen LogP contribution is -2.49. The number of hydrazine groups is 1. The molecule has 0 unspecified atom stereocenters. The summed E-state index contributed by atoms with van der Waals surface area (Å²) in [5, 5.41) is 0. The summed E-state index contributed by atoms with van der Waals surface area (Å²) in [6, 6.07) is 19.1. The number of piperazine rings is 1. The zero-order chi connectivity index (χ0) is 19.1. The molecule has 1 aliphatic rings. The molecule has 3 N–H and O–H groups in total. The van der Waals surface area contributed by atoms with E-state index in [-0.39, 0.29) is 24.7 Å². The van der Waals surface area contributed by atoms with Crippen LogP contribution < -0.4 is 16.2 Å². The fraction of sp³-hybridized carbons (Fsp3) is 0.333. The van der Waals surface area contributed by atoms with Gasteiger partial charge < -0.3 is 9.80 Å². The fourth-order valence-electron chi connectivity index (χ4n) is 3.32. The zero-order valence-electron chi connectivity index (χ0n) is 15.4. The highest BCUT2D eigenvalue weighted by atomic mass is 16.2. The second-order valence-electron chi connectivity index (χ2n) is 6.76. The van der Waals surface area contributed by atoms with E-state index in [1.54, 1.807) is 0 Å². The van der Waals surface area contributed by atoms with Gasteiger partial charge in [0, 0.05) is 44.7 Å². The van der Waals surface area contributed by atoms with Gasteiger partial charge in [-0.05, 0) is 29.7 Å². The number of anilines is 1. The minimum absolute atomic E-state index is 0.0106. The van der Waals surface area contributed by atoms with Crippen molar-refractivity contribution in [2.45, 2.75) is 19.3 Å². The van der Waals surface area contributed by atoms with Gasteiger partial charge in [-0.3, -0.25) is 15.0 Å². The van der Waals surface area contributed by atoms with E-state index in [4.69, 9.17) is 5.84 Å². The summed E-state index contributed by atoms with van der Waals surface area (Å²) in [5.41, 5.74) is 5.83. The first-order chi connectivity index (χ1) is 13.2. The van der Waals surface area contributed by atoms with Crippen molar-refractivity contribution in [3.05, 3.63) is 65.7 Å². The third-order valence-electron chi connectivity index (χ3n) is 4.91. The van der Waals surface area contributed by atoms with E-state index in [2.05, 4.69) is 58.9 Å². The smallest absolute Gasteiger partial charge is 0.234 e. The van der Waals surface area contributed by atoms with Gasteiger partial charge in [-0.15, -0.1) is 0 Å². The van der Waals surface area contributed by atoms with Crippen molar-refractivity contribution in [3.63, 3.8) is 0 Å². The molecule has 27 heavy (non-hydrogen) atoms. The lowest BCUT2D eigenvalue weighted by atomic mass is 10.0. The van der Waals surface area contributed by atoms with Crippen molar-refractivity contribution in [2.75, 3.05) is 31.1 Å². The monoisotopic (exact) mass is 366 g/mol. The van der Waals surface area contributed by atoms with Crippen LogP contribution in [0.15, 0.2) is 54.6 Å². The Morgan fingerprint density at radius 1 is 0.852 bits per heavy atom. The molecule has 2 amide bonds. The topological polar surface area (TPSA) is 78.7 Å². The number of nitrogens with two attached hydrogens (primary N) is 1. The Hall–Kier alpha value is -2.86. The van der Waals surface area contributed by atoms with Gasteiger partial charge >= 0.3 is 0 Å². The molecule has 0 spiro atoms. The molecule has 6 nitrogen and oxygen atoms in total. The maximum absolute atomic E-state index is 12.2. The molecular weight excluding hydrogens is 340 g/mol. The van der Waals surface area contributed by atoms with E-state index in [1.165, 1.54) is 16.8 Å². The highest BCUT2D eigenvalue weighted by Gasteiger charge is 2.21. The largest absolute Gasteiger partial charge is 0.368 e. The molecule has 3 rings (SSSR count). The number of hydrogen-bond acceptors (Lipinski definition) is 4. The molecule has 142 valence electrons. The first-order valence-electron chi connectivity index (χ1n) is 9.31. The summed E-state index contributed by atoms with van der Waals surface area (Å²) >= 11 is 0. The van der Waals surface area contributed by atoms with Crippen LogP contribution in [0, 0.1) is 0 Å². The van der Waals surface area contributed by atoms with Crippen molar-refractivity contribution >= 4 is 17.5 Å². The van der Waals surface area contributed by atoms with Crippen LogP contribution in [0.5, 0.6) is 0 Å². The van der Waals surface area contributed by atoms with E-state index in [0.717, 1.165) is 19.5 Å². The van der Waals surface area contributed by atoms with Gasteiger partial charge in [-0.25, -0.2) is 5.84 Å². The van der Waals surface area contributed by atoms with Gasteiger partial charge in [0.1, 0.15) is 0 Å². The van der Waals surface area contributed by atoms with Crippen LogP contribution in [0.25, 0.3) is 0 Å². The minimum atomic E-state index is -0.308. The second kappa shape index (κ2) is 9.19. The normalized spacial score (nSPS) is 14.1. The molecule has 0 bridgehead atoms. The summed E-state index contributed by atoms with van der Waals surface area (Å²) in [6.07, 6.45) is 1.27. The van der Waals surface area contributed by atoms with Gasteiger partial charge in [0.25, 0.3) is 0 Å². The quantitative estimate of drug-likeness (QED) is 0.463. The molecular formula is C21H26N4O2. The minimum Gasteiger partial charge on any atom is -0.368 e. The average molecular weight is 366 g/mol. The van der Waals surface area contributed by atoms with Gasteiger partial charge in [0.15, 0.2) is 0 Å². The van der Waals surface area contributed by atoms with E-state index < -0.39 is 0 Å². The molecule has 0 saturated carbocycles. The molecule has 1 saturated heterocycles. The Morgan fingerprint density at radius 2 is 1.48 bits per heavy atom. The fourth-order valence-corrected chi connectivity index (χ4v) is 3.32. The molecule has 1 aliphatic heterocycles. The van der Waals surface area contributed by atoms with Crippen LogP contribution in [-0.2, 0) is 16.0 Å². The third-order valence-corrected chi connectivity index (χ3v) is 4.91. The molecule has 0 radical (unpaired) electrons. The van der Waals surface area contributed by atoms with Crippen molar-refractivity contribution in [2.24, 2.45) is 5.84 Å². The predicted molar refractivity (Wildman–Crippen MR) is 106 cm³/mol. The van der Waals surface area contributed by atoms with Crippen molar-refractivity contribution < 1.29 is 9.59 Å². The number of rotatable bonds is 6. The maximum atomic E-state index is 12.2. The van der Waals surface area contributed by atoms with Crippen LogP contribution >= 0.6 is 0 Å². The van der Waals surface area contributed by atoms with E-state index >= 15 is 0 Å². The molecule has 0 aliphatic carbocycles. The Morgan fingerprint density at radius 3 is 2.11 bits per heavy atom. The molecule has 2 aromatic carbocycles. The molecule has 0 atom stereocenters. The number of nitrogens with one attached hydrogen (secondary N) is 1. The number of benzene rings is 2. The Bertz CT molecular complexity index is 754. The highest BCUT2D eigenvalue weighted by Crippen LogP contribution is 2.19. The standard InChI is InChI=1S/C21H26N4O2/c22-23-20(26)10-11-21(27)25-14-12-24(13-15-25)19-8-6-18(7-9-19)16-17-4-2-1-3-5-17/h1-9H,10-16,22H2,(H,23,26). The Labute approximate surface area is 159 Å². The van der Waals surface area contributed by atoms with Crippen LogP contribution in [-0.4, -0.2) is 42.9 Å². The van der Waals surface area contributed by atoms with Crippen molar-refractivity contribution in [1.29, 1.82) is 0 Å². The summed E-state index contributed by atoms with van der Waals surface area (Å²) in [6.45, 7) is 2.95. The highest BCUT2D eigenvalue weighted by molar-refractivity contribution is 5.83. The van der Waals surface area contributed by atoms with Crippen LogP contribution in [0.3, 0.4) is 0 Å². The van der Waals surface area contributed by atoms with Gasteiger partial charge in [-0.2, -0.15) is 0 Å². The summed E-state index contributed by atoms with van der Waals surface area (Å²) in [4.78, 5) is 27.4. The third kappa shape index (κ3) is 5.31. The molecule has 2 aromatic rings. The van der Waals surface area contributed by atoms with Crippen molar-refractivity contribution in [1.82, 2.24) is 10.3 Å².